The Balaban J connectivity index is 2.19. The third kappa shape index (κ3) is 3.50. The van der Waals surface area contributed by atoms with Crippen LogP contribution in [0.5, 0.6) is 11.5 Å². The molecule has 0 radical (unpaired) electrons. The number of benzene rings is 2. The van der Waals surface area contributed by atoms with E-state index in [1.165, 1.54) is 13.2 Å². The molecule has 0 aliphatic heterocycles. The maximum absolute atomic E-state index is 13.6. The Bertz CT molecular complexity index is 714. The van der Waals surface area contributed by atoms with Gasteiger partial charge in [0.05, 0.1) is 12.7 Å². The number of nitriles is 1. The van der Waals surface area contributed by atoms with Crippen LogP contribution < -0.4 is 9.47 Å². The molecule has 0 saturated carbocycles. The fourth-order valence-electron chi connectivity index (χ4n) is 1.73. The highest BCUT2D eigenvalue weighted by Crippen LogP contribution is 2.26. The lowest BCUT2D eigenvalue weighted by Crippen LogP contribution is -2.00. The number of halogens is 3. The molecule has 0 atom stereocenters. The minimum absolute atomic E-state index is 0.00544. The predicted octanol–water partition coefficient (Wildman–Crippen LogP) is 4.19. The smallest absolute Gasteiger partial charge is 0.200 e. The van der Waals surface area contributed by atoms with E-state index >= 15 is 0 Å². The van der Waals surface area contributed by atoms with Gasteiger partial charge in [0.1, 0.15) is 18.4 Å². The van der Waals surface area contributed by atoms with Crippen molar-refractivity contribution in [2.45, 2.75) is 6.61 Å². The fourth-order valence-corrected chi connectivity index (χ4v) is 2.14. The standard InChI is InChI=1S/C15H10BrF2NO2/c1-20-13-3-2-9(4-10(13)7-19)8-21-14-6-11(16)5-12(17)15(14)18/h2-6H,8H2,1H3. The van der Waals surface area contributed by atoms with E-state index in [1.807, 2.05) is 6.07 Å². The van der Waals surface area contributed by atoms with Crippen molar-refractivity contribution < 1.29 is 18.3 Å². The van der Waals surface area contributed by atoms with Gasteiger partial charge in [-0.05, 0) is 29.8 Å². The Morgan fingerprint density at radius 2 is 1.95 bits per heavy atom. The summed E-state index contributed by atoms with van der Waals surface area (Å²) >= 11 is 3.07. The van der Waals surface area contributed by atoms with Gasteiger partial charge in [-0.25, -0.2) is 4.39 Å². The van der Waals surface area contributed by atoms with Gasteiger partial charge >= 0.3 is 0 Å². The van der Waals surface area contributed by atoms with Crippen LogP contribution in [-0.2, 0) is 6.61 Å². The van der Waals surface area contributed by atoms with Gasteiger partial charge in [-0.3, -0.25) is 0 Å². The molecule has 0 unspecified atom stereocenters. The molecule has 0 heterocycles. The third-order valence-corrected chi connectivity index (χ3v) is 3.20. The van der Waals surface area contributed by atoms with Crippen LogP contribution in [0.15, 0.2) is 34.8 Å². The predicted molar refractivity (Wildman–Crippen MR) is 76.1 cm³/mol. The van der Waals surface area contributed by atoms with Crippen LogP contribution in [0, 0.1) is 23.0 Å². The van der Waals surface area contributed by atoms with E-state index in [0.29, 0.717) is 21.3 Å². The van der Waals surface area contributed by atoms with Crippen LogP contribution in [0.4, 0.5) is 8.78 Å². The monoisotopic (exact) mass is 353 g/mol. The van der Waals surface area contributed by atoms with E-state index in [4.69, 9.17) is 14.7 Å². The lowest BCUT2D eigenvalue weighted by Gasteiger charge is -2.10. The highest BCUT2D eigenvalue weighted by molar-refractivity contribution is 9.10. The minimum Gasteiger partial charge on any atom is -0.495 e. The molecule has 0 bridgehead atoms. The van der Waals surface area contributed by atoms with Crippen molar-refractivity contribution in [1.82, 2.24) is 0 Å². The minimum atomic E-state index is -1.05. The zero-order valence-electron chi connectivity index (χ0n) is 11.0. The average Bonchev–Trinajstić information content (AvgIpc) is 2.49. The number of nitrogens with zero attached hydrogens (tertiary/aromatic N) is 1. The van der Waals surface area contributed by atoms with Gasteiger partial charge in [0.2, 0.25) is 5.82 Å². The van der Waals surface area contributed by atoms with Gasteiger partial charge < -0.3 is 9.47 Å². The lowest BCUT2D eigenvalue weighted by atomic mass is 10.1. The Hall–Kier alpha value is -2.13. The van der Waals surface area contributed by atoms with Crippen molar-refractivity contribution in [3.05, 3.63) is 57.6 Å². The number of ether oxygens (including phenoxy) is 2. The van der Waals surface area contributed by atoms with Crippen molar-refractivity contribution in [3.8, 4) is 17.6 Å². The molecule has 108 valence electrons. The summed E-state index contributed by atoms with van der Waals surface area (Å²) in [5, 5.41) is 8.99. The van der Waals surface area contributed by atoms with Gasteiger partial charge in [-0.2, -0.15) is 9.65 Å². The molecule has 0 amide bonds. The Labute approximate surface area is 128 Å². The maximum Gasteiger partial charge on any atom is 0.200 e. The Kier molecular flexibility index (Phi) is 4.76. The summed E-state index contributed by atoms with van der Waals surface area (Å²) in [5.41, 5.74) is 0.992. The second-order valence-electron chi connectivity index (χ2n) is 4.13. The zero-order valence-corrected chi connectivity index (χ0v) is 12.6. The zero-order chi connectivity index (χ0) is 15.4. The first kappa shape index (κ1) is 15.3. The summed E-state index contributed by atoms with van der Waals surface area (Å²) in [6.45, 7) is 0.00544. The van der Waals surface area contributed by atoms with Gasteiger partial charge in [0.15, 0.2) is 11.6 Å². The van der Waals surface area contributed by atoms with Gasteiger partial charge in [0, 0.05) is 4.47 Å². The van der Waals surface area contributed by atoms with Gasteiger partial charge in [-0.15, -0.1) is 0 Å². The van der Waals surface area contributed by atoms with Crippen LogP contribution in [0.3, 0.4) is 0 Å². The second kappa shape index (κ2) is 6.55. The molecule has 2 aromatic carbocycles. The highest BCUT2D eigenvalue weighted by atomic mass is 79.9. The molecule has 2 rings (SSSR count). The van der Waals surface area contributed by atoms with Crippen molar-refractivity contribution in [3.63, 3.8) is 0 Å². The number of methoxy groups -OCH3 is 1. The topological polar surface area (TPSA) is 42.2 Å². The number of hydrogen-bond donors (Lipinski definition) is 0. The number of rotatable bonds is 4. The quantitative estimate of drug-likeness (QED) is 0.774. The molecule has 2 aromatic rings. The largest absolute Gasteiger partial charge is 0.495 e. The second-order valence-corrected chi connectivity index (χ2v) is 5.05. The van der Waals surface area contributed by atoms with E-state index in [0.717, 1.165) is 6.07 Å². The normalized spacial score (nSPS) is 10.0. The van der Waals surface area contributed by atoms with Crippen LogP contribution in [0.1, 0.15) is 11.1 Å². The van der Waals surface area contributed by atoms with E-state index in [9.17, 15) is 8.78 Å². The van der Waals surface area contributed by atoms with E-state index < -0.39 is 11.6 Å². The molecule has 0 N–H and O–H groups in total. The van der Waals surface area contributed by atoms with E-state index in [2.05, 4.69) is 15.9 Å². The molecule has 0 aromatic heterocycles. The van der Waals surface area contributed by atoms with Crippen molar-refractivity contribution in [2.75, 3.05) is 7.11 Å². The summed E-state index contributed by atoms with van der Waals surface area (Å²) in [6, 6.07) is 9.23. The Morgan fingerprint density at radius 3 is 2.62 bits per heavy atom. The summed E-state index contributed by atoms with van der Waals surface area (Å²) < 4.78 is 37.5. The first-order chi connectivity index (χ1) is 10.0. The SMILES string of the molecule is COc1ccc(COc2cc(Br)cc(F)c2F)cc1C#N. The molecule has 3 nitrogen and oxygen atoms in total. The molecule has 0 aliphatic carbocycles. The highest BCUT2D eigenvalue weighted by Gasteiger charge is 2.12. The van der Waals surface area contributed by atoms with Crippen molar-refractivity contribution >= 4 is 15.9 Å². The maximum atomic E-state index is 13.6. The van der Waals surface area contributed by atoms with Gasteiger partial charge in [-0.1, -0.05) is 22.0 Å². The van der Waals surface area contributed by atoms with Crippen LogP contribution in [0.25, 0.3) is 0 Å². The molecule has 21 heavy (non-hydrogen) atoms. The van der Waals surface area contributed by atoms with Gasteiger partial charge in [0.25, 0.3) is 0 Å². The first-order valence-electron chi connectivity index (χ1n) is 5.89. The fraction of sp³-hybridized carbons (Fsp3) is 0.133. The Morgan fingerprint density at radius 1 is 1.19 bits per heavy atom. The molecule has 6 heteroatoms. The van der Waals surface area contributed by atoms with Crippen molar-refractivity contribution in [2.24, 2.45) is 0 Å². The molecule has 0 spiro atoms. The summed E-state index contributed by atoms with van der Waals surface area (Å²) in [5.74, 6) is -1.80. The third-order valence-electron chi connectivity index (χ3n) is 2.74. The summed E-state index contributed by atoms with van der Waals surface area (Å²) in [6.07, 6.45) is 0. The first-order valence-corrected chi connectivity index (χ1v) is 6.69. The lowest BCUT2D eigenvalue weighted by molar-refractivity contribution is 0.284. The molecule has 0 saturated heterocycles. The van der Waals surface area contributed by atoms with Crippen molar-refractivity contribution in [1.29, 1.82) is 5.26 Å². The van der Waals surface area contributed by atoms with Crippen LogP contribution in [-0.4, -0.2) is 7.11 Å². The van der Waals surface area contributed by atoms with E-state index in [-0.39, 0.29) is 12.4 Å². The molecule has 0 aliphatic rings. The van der Waals surface area contributed by atoms with Crippen LogP contribution in [0.2, 0.25) is 0 Å². The van der Waals surface area contributed by atoms with E-state index in [1.54, 1.807) is 18.2 Å². The summed E-state index contributed by atoms with van der Waals surface area (Å²) in [4.78, 5) is 0. The van der Waals surface area contributed by atoms with Crippen LogP contribution >= 0.6 is 15.9 Å². The summed E-state index contributed by atoms with van der Waals surface area (Å²) in [7, 11) is 1.46. The molecular weight excluding hydrogens is 344 g/mol. The average molecular weight is 354 g/mol. The molecule has 0 fully saturated rings. The molecular formula is C15H10BrF2NO2. The number of hydrogen-bond acceptors (Lipinski definition) is 3.